The molecule has 1 aromatic rings. The second kappa shape index (κ2) is 9.04. The van der Waals surface area contributed by atoms with Crippen LogP contribution >= 0.6 is 0 Å². The van der Waals surface area contributed by atoms with Gasteiger partial charge in [0.15, 0.2) is 0 Å². The van der Waals surface area contributed by atoms with E-state index in [0.29, 0.717) is 19.6 Å². The predicted octanol–water partition coefficient (Wildman–Crippen LogP) is 0.971. The minimum atomic E-state index is -0.346. The molecule has 1 atom stereocenters. The van der Waals surface area contributed by atoms with Crippen molar-refractivity contribution in [3.8, 4) is 0 Å². The van der Waals surface area contributed by atoms with E-state index in [0.717, 1.165) is 24.2 Å². The lowest BCUT2D eigenvalue weighted by Crippen LogP contribution is -2.38. The maximum absolute atomic E-state index is 9.92. The molecule has 4 nitrogen and oxygen atoms in total. The summed E-state index contributed by atoms with van der Waals surface area (Å²) in [5.41, 5.74) is 2.05. The molecule has 0 heterocycles. The summed E-state index contributed by atoms with van der Waals surface area (Å²) >= 11 is 0. The summed E-state index contributed by atoms with van der Waals surface area (Å²) < 4.78 is 0. The summed E-state index contributed by atoms with van der Waals surface area (Å²) in [5, 5.41) is 22.2. The molecule has 0 aliphatic carbocycles. The Balaban J connectivity index is 2.29. The number of rotatable bonds is 9. The van der Waals surface area contributed by atoms with Gasteiger partial charge in [-0.3, -0.25) is 0 Å². The minimum Gasteiger partial charge on any atom is -0.392 e. The van der Waals surface area contributed by atoms with Crippen molar-refractivity contribution >= 4 is 0 Å². The largest absolute Gasteiger partial charge is 0.392 e. The van der Waals surface area contributed by atoms with Crippen LogP contribution in [0.3, 0.4) is 0 Å². The molecule has 0 fully saturated rings. The van der Waals surface area contributed by atoms with Crippen LogP contribution < -0.4 is 5.32 Å². The maximum atomic E-state index is 9.92. The van der Waals surface area contributed by atoms with Crippen LogP contribution in [0.15, 0.2) is 24.3 Å². The van der Waals surface area contributed by atoms with Crippen molar-refractivity contribution in [1.29, 1.82) is 0 Å². The zero-order valence-corrected chi connectivity index (χ0v) is 12.0. The Morgan fingerprint density at radius 1 is 1.21 bits per heavy atom. The normalized spacial score (nSPS) is 12.9. The van der Waals surface area contributed by atoms with Crippen molar-refractivity contribution < 1.29 is 10.2 Å². The van der Waals surface area contributed by atoms with E-state index >= 15 is 0 Å². The third-order valence-electron chi connectivity index (χ3n) is 3.25. The minimum absolute atomic E-state index is 0.0679. The molecule has 0 saturated carbocycles. The Hall–Kier alpha value is -0.940. The van der Waals surface area contributed by atoms with Crippen LogP contribution in [0.5, 0.6) is 0 Å². The number of nitrogens with one attached hydrogen (secondary N) is 1. The van der Waals surface area contributed by atoms with Crippen LogP contribution in [0.1, 0.15) is 25.0 Å². The molecule has 0 radical (unpaired) electrons. The fraction of sp³-hybridized carbons (Fsp3) is 0.600. The quantitative estimate of drug-likeness (QED) is 0.623. The Kier molecular flexibility index (Phi) is 7.67. The molecule has 0 aliphatic rings. The van der Waals surface area contributed by atoms with Gasteiger partial charge in [-0.05, 0) is 24.2 Å². The lowest BCUT2D eigenvalue weighted by molar-refractivity contribution is 0.116. The molecule has 0 aliphatic heterocycles. The molecule has 19 heavy (non-hydrogen) atoms. The predicted molar refractivity (Wildman–Crippen MR) is 77.9 cm³/mol. The van der Waals surface area contributed by atoms with E-state index in [2.05, 4.69) is 24.1 Å². The highest BCUT2D eigenvalue weighted by Gasteiger charge is 2.08. The first-order chi connectivity index (χ1) is 9.19. The highest BCUT2D eigenvalue weighted by atomic mass is 16.3. The summed E-state index contributed by atoms with van der Waals surface area (Å²) in [6.07, 6.45) is -0.346. The molecule has 1 aromatic carbocycles. The third kappa shape index (κ3) is 6.16. The fourth-order valence-electron chi connectivity index (χ4n) is 2.07. The Morgan fingerprint density at radius 2 is 1.89 bits per heavy atom. The average Bonchev–Trinajstić information content (AvgIpc) is 2.45. The SMILES string of the molecule is CCN(CC)CC(O)CNCc1cccc(CO)c1. The van der Waals surface area contributed by atoms with Crippen LogP contribution in [0.2, 0.25) is 0 Å². The Bertz CT molecular complexity index is 354. The van der Waals surface area contributed by atoms with Crippen molar-refractivity contribution in [3.05, 3.63) is 35.4 Å². The molecule has 1 unspecified atom stereocenters. The topological polar surface area (TPSA) is 55.7 Å². The first-order valence-corrected chi connectivity index (χ1v) is 6.99. The second-order valence-electron chi connectivity index (χ2n) is 4.75. The molecule has 0 aromatic heterocycles. The number of aliphatic hydroxyl groups excluding tert-OH is 2. The molecule has 108 valence electrons. The number of benzene rings is 1. The Morgan fingerprint density at radius 3 is 2.53 bits per heavy atom. The fourth-order valence-corrected chi connectivity index (χ4v) is 2.07. The van der Waals surface area contributed by atoms with E-state index in [4.69, 9.17) is 5.11 Å². The van der Waals surface area contributed by atoms with Crippen molar-refractivity contribution in [2.75, 3.05) is 26.2 Å². The van der Waals surface area contributed by atoms with Gasteiger partial charge in [0, 0.05) is 19.6 Å². The van der Waals surface area contributed by atoms with Gasteiger partial charge in [-0.2, -0.15) is 0 Å². The van der Waals surface area contributed by atoms with Gasteiger partial charge in [-0.15, -0.1) is 0 Å². The number of hydrogen-bond acceptors (Lipinski definition) is 4. The zero-order valence-electron chi connectivity index (χ0n) is 12.0. The standard InChI is InChI=1S/C15H26N2O2/c1-3-17(4-2)11-15(19)10-16-9-13-6-5-7-14(8-13)12-18/h5-8,15-16,18-19H,3-4,9-12H2,1-2H3. The number of aliphatic hydroxyl groups is 2. The smallest absolute Gasteiger partial charge is 0.0791 e. The van der Waals surface area contributed by atoms with E-state index in [1.807, 2.05) is 24.3 Å². The van der Waals surface area contributed by atoms with Gasteiger partial charge in [-0.1, -0.05) is 38.1 Å². The summed E-state index contributed by atoms with van der Waals surface area (Å²) in [5.74, 6) is 0. The highest BCUT2D eigenvalue weighted by molar-refractivity contribution is 5.22. The van der Waals surface area contributed by atoms with Crippen molar-refractivity contribution in [3.63, 3.8) is 0 Å². The van der Waals surface area contributed by atoms with Crippen molar-refractivity contribution in [1.82, 2.24) is 10.2 Å². The van der Waals surface area contributed by atoms with Crippen molar-refractivity contribution in [2.45, 2.75) is 33.1 Å². The van der Waals surface area contributed by atoms with Gasteiger partial charge in [0.1, 0.15) is 0 Å². The first kappa shape index (κ1) is 16.1. The van der Waals surface area contributed by atoms with Gasteiger partial charge in [0.2, 0.25) is 0 Å². The van der Waals surface area contributed by atoms with E-state index in [1.54, 1.807) is 0 Å². The molecule has 4 heteroatoms. The first-order valence-electron chi connectivity index (χ1n) is 6.99. The molecular formula is C15H26N2O2. The van der Waals surface area contributed by atoms with E-state index in [1.165, 1.54) is 0 Å². The van der Waals surface area contributed by atoms with Gasteiger partial charge in [0.25, 0.3) is 0 Å². The lowest BCUT2D eigenvalue weighted by Gasteiger charge is -2.22. The molecule has 0 amide bonds. The van der Waals surface area contributed by atoms with Crippen LogP contribution in [0, 0.1) is 0 Å². The summed E-state index contributed by atoms with van der Waals surface area (Å²) in [6.45, 7) is 8.20. The highest BCUT2D eigenvalue weighted by Crippen LogP contribution is 2.04. The summed E-state index contributed by atoms with van der Waals surface area (Å²) in [4.78, 5) is 2.21. The zero-order chi connectivity index (χ0) is 14.1. The van der Waals surface area contributed by atoms with Gasteiger partial charge < -0.3 is 20.4 Å². The third-order valence-corrected chi connectivity index (χ3v) is 3.25. The van der Waals surface area contributed by atoms with Crippen LogP contribution in [0.4, 0.5) is 0 Å². The molecule has 3 N–H and O–H groups in total. The molecule has 1 rings (SSSR count). The maximum Gasteiger partial charge on any atom is 0.0791 e. The van der Waals surface area contributed by atoms with Crippen LogP contribution in [-0.2, 0) is 13.2 Å². The summed E-state index contributed by atoms with van der Waals surface area (Å²) in [6, 6.07) is 7.83. The van der Waals surface area contributed by atoms with Gasteiger partial charge in [-0.25, -0.2) is 0 Å². The molecule has 0 spiro atoms. The average molecular weight is 266 g/mol. The lowest BCUT2D eigenvalue weighted by atomic mass is 10.1. The number of hydrogen-bond donors (Lipinski definition) is 3. The molecule has 0 bridgehead atoms. The molecular weight excluding hydrogens is 240 g/mol. The van der Waals surface area contributed by atoms with E-state index < -0.39 is 0 Å². The van der Waals surface area contributed by atoms with E-state index in [9.17, 15) is 5.11 Å². The number of nitrogens with zero attached hydrogens (tertiary/aromatic N) is 1. The summed E-state index contributed by atoms with van der Waals surface area (Å²) in [7, 11) is 0. The molecule has 0 saturated heterocycles. The van der Waals surface area contributed by atoms with Crippen LogP contribution in [-0.4, -0.2) is 47.4 Å². The monoisotopic (exact) mass is 266 g/mol. The van der Waals surface area contributed by atoms with Crippen LogP contribution in [0.25, 0.3) is 0 Å². The van der Waals surface area contributed by atoms with Gasteiger partial charge in [0.05, 0.1) is 12.7 Å². The number of likely N-dealkylation sites (N-methyl/N-ethyl adjacent to an activating group) is 1. The second-order valence-corrected chi connectivity index (χ2v) is 4.75. The van der Waals surface area contributed by atoms with Gasteiger partial charge >= 0.3 is 0 Å². The Labute approximate surface area is 116 Å². The van der Waals surface area contributed by atoms with E-state index in [-0.39, 0.29) is 12.7 Å². The van der Waals surface area contributed by atoms with Crippen molar-refractivity contribution in [2.24, 2.45) is 0 Å².